The number of benzene rings is 1. The van der Waals surface area contributed by atoms with Crippen LogP contribution in [0.25, 0.3) is 0 Å². The lowest BCUT2D eigenvalue weighted by Crippen LogP contribution is -2.25. The van der Waals surface area contributed by atoms with Crippen molar-refractivity contribution in [3.63, 3.8) is 0 Å². The van der Waals surface area contributed by atoms with Gasteiger partial charge in [-0.15, -0.1) is 0 Å². The molecular weight excluding hydrogens is 336 g/mol. The minimum atomic E-state index is -0.504. The van der Waals surface area contributed by atoms with Gasteiger partial charge in [0.05, 0.1) is 10.5 Å². The molecule has 6 heteroatoms. The number of nitrogens with one attached hydrogen (secondary N) is 1. The molecule has 0 aromatic heterocycles. The summed E-state index contributed by atoms with van der Waals surface area (Å²) in [5.74, 6) is -0.290. The van der Waals surface area contributed by atoms with Crippen LogP contribution in [-0.4, -0.2) is 17.4 Å². The highest BCUT2D eigenvalue weighted by molar-refractivity contribution is 9.10. The second-order valence-corrected chi connectivity index (χ2v) is 5.89. The molecule has 0 saturated heterocycles. The second-order valence-electron chi connectivity index (χ2n) is 5.04. The number of carbonyl (C=O) groups excluding carboxylic acids is 1. The normalized spacial score (nSPS) is 14.4. The zero-order chi connectivity index (χ0) is 15.2. The number of hydrogen-bond acceptors (Lipinski definition) is 3. The molecule has 5 nitrogen and oxygen atoms in total. The Morgan fingerprint density at radius 3 is 2.86 bits per heavy atom. The monoisotopic (exact) mass is 352 g/mol. The minimum Gasteiger partial charge on any atom is -0.352 e. The highest BCUT2D eigenvalue weighted by atomic mass is 79.9. The van der Waals surface area contributed by atoms with Crippen LogP contribution < -0.4 is 5.32 Å². The zero-order valence-electron chi connectivity index (χ0n) is 11.6. The molecule has 0 spiro atoms. The van der Waals surface area contributed by atoms with Crippen molar-refractivity contribution >= 4 is 27.5 Å². The number of allylic oxidation sites excluding steroid dienone is 1. The predicted octanol–water partition coefficient (Wildman–Crippen LogP) is 3.98. The van der Waals surface area contributed by atoms with Gasteiger partial charge >= 0.3 is 0 Å². The van der Waals surface area contributed by atoms with E-state index in [2.05, 4.69) is 27.3 Å². The molecule has 112 valence electrons. The first-order chi connectivity index (χ1) is 10.1. The number of nitrogens with zero attached hydrogens (tertiary/aromatic N) is 1. The number of non-ortho nitro benzene ring substituents is 1. The molecule has 0 fully saturated rings. The summed E-state index contributed by atoms with van der Waals surface area (Å²) in [4.78, 5) is 22.4. The van der Waals surface area contributed by atoms with Gasteiger partial charge in [0, 0.05) is 23.2 Å². The molecular formula is C15H17BrN2O3. The van der Waals surface area contributed by atoms with Gasteiger partial charge in [-0.1, -0.05) is 11.6 Å². The quantitative estimate of drug-likeness (QED) is 0.494. The molecule has 21 heavy (non-hydrogen) atoms. The van der Waals surface area contributed by atoms with E-state index < -0.39 is 4.92 Å². The van der Waals surface area contributed by atoms with Gasteiger partial charge in [-0.05, 0) is 54.1 Å². The number of hydrogen-bond donors (Lipinski definition) is 1. The molecule has 0 heterocycles. The molecule has 1 aromatic carbocycles. The van der Waals surface area contributed by atoms with Crippen molar-refractivity contribution in [2.45, 2.75) is 32.1 Å². The fourth-order valence-corrected chi connectivity index (χ4v) is 2.79. The van der Waals surface area contributed by atoms with Gasteiger partial charge in [0.2, 0.25) is 0 Å². The van der Waals surface area contributed by atoms with Crippen LogP contribution in [0.5, 0.6) is 0 Å². The lowest BCUT2D eigenvalue weighted by molar-refractivity contribution is -0.384. The number of rotatable bonds is 5. The highest BCUT2D eigenvalue weighted by Gasteiger charge is 2.15. The number of nitro benzene ring substituents is 1. The molecule has 1 aliphatic rings. The molecule has 2 rings (SSSR count). The summed E-state index contributed by atoms with van der Waals surface area (Å²) in [6.07, 6.45) is 7.79. The number of nitro groups is 1. The molecule has 1 N–H and O–H groups in total. The molecule has 0 aliphatic heterocycles. The predicted molar refractivity (Wildman–Crippen MR) is 84.3 cm³/mol. The van der Waals surface area contributed by atoms with E-state index in [4.69, 9.17) is 0 Å². The Morgan fingerprint density at radius 2 is 2.19 bits per heavy atom. The maximum atomic E-state index is 12.1. The molecule has 0 atom stereocenters. The van der Waals surface area contributed by atoms with Crippen LogP contribution in [0.15, 0.2) is 34.3 Å². The summed E-state index contributed by atoms with van der Waals surface area (Å²) in [5.41, 5.74) is 1.60. The summed E-state index contributed by atoms with van der Waals surface area (Å²) >= 11 is 3.25. The number of halogens is 1. The van der Waals surface area contributed by atoms with Gasteiger partial charge in [-0.3, -0.25) is 14.9 Å². The Morgan fingerprint density at radius 1 is 1.38 bits per heavy atom. The topological polar surface area (TPSA) is 72.2 Å². The van der Waals surface area contributed by atoms with Crippen LogP contribution in [0, 0.1) is 10.1 Å². The van der Waals surface area contributed by atoms with Gasteiger partial charge < -0.3 is 5.32 Å². The summed E-state index contributed by atoms with van der Waals surface area (Å²) in [7, 11) is 0. The van der Waals surface area contributed by atoms with E-state index in [9.17, 15) is 14.9 Å². The Bertz CT molecular complexity index is 584. The Kier molecular flexibility index (Phi) is 5.50. The standard InChI is InChI=1S/C15H17BrN2O3/c16-14-7-6-12(18(20)21)10-13(14)15(19)17-9-8-11-4-2-1-3-5-11/h4,6-7,10H,1-3,5,8-9H2,(H,17,19). The van der Waals surface area contributed by atoms with Gasteiger partial charge in [0.25, 0.3) is 11.6 Å². The van der Waals surface area contributed by atoms with E-state index in [1.807, 2.05) is 0 Å². The van der Waals surface area contributed by atoms with Crippen LogP contribution >= 0.6 is 15.9 Å². The van der Waals surface area contributed by atoms with Gasteiger partial charge in [-0.25, -0.2) is 0 Å². The largest absolute Gasteiger partial charge is 0.352 e. The summed E-state index contributed by atoms with van der Waals surface area (Å²) in [6, 6.07) is 4.18. The fourth-order valence-electron chi connectivity index (χ4n) is 2.36. The molecule has 0 saturated carbocycles. The third-order valence-corrected chi connectivity index (χ3v) is 4.21. The third kappa shape index (κ3) is 4.39. The summed E-state index contributed by atoms with van der Waals surface area (Å²) < 4.78 is 0.558. The van der Waals surface area contributed by atoms with Crippen molar-refractivity contribution in [3.05, 3.63) is 50.0 Å². The average molecular weight is 353 g/mol. The van der Waals surface area contributed by atoms with Gasteiger partial charge in [0.1, 0.15) is 0 Å². The van der Waals surface area contributed by atoms with Crippen molar-refractivity contribution in [2.75, 3.05) is 6.54 Å². The van der Waals surface area contributed by atoms with Crippen LogP contribution in [0.1, 0.15) is 42.5 Å². The third-order valence-electron chi connectivity index (χ3n) is 3.52. The molecule has 0 bridgehead atoms. The average Bonchev–Trinajstić information content (AvgIpc) is 2.48. The van der Waals surface area contributed by atoms with Gasteiger partial charge in [0.15, 0.2) is 0 Å². The van der Waals surface area contributed by atoms with Crippen LogP contribution in [-0.2, 0) is 0 Å². The maximum absolute atomic E-state index is 12.1. The van der Waals surface area contributed by atoms with Crippen molar-refractivity contribution in [2.24, 2.45) is 0 Å². The molecule has 0 radical (unpaired) electrons. The summed E-state index contributed by atoms with van der Waals surface area (Å²) in [5, 5.41) is 13.6. The first-order valence-electron chi connectivity index (χ1n) is 6.98. The van der Waals surface area contributed by atoms with Crippen molar-refractivity contribution < 1.29 is 9.72 Å². The number of carbonyl (C=O) groups is 1. The molecule has 1 amide bonds. The number of amides is 1. The summed E-state index contributed by atoms with van der Waals surface area (Å²) in [6.45, 7) is 0.555. The van der Waals surface area contributed by atoms with E-state index in [0.717, 1.165) is 19.3 Å². The Balaban J connectivity index is 1.95. The van der Waals surface area contributed by atoms with Crippen molar-refractivity contribution in [3.8, 4) is 0 Å². The van der Waals surface area contributed by atoms with E-state index in [-0.39, 0.29) is 11.6 Å². The van der Waals surface area contributed by atoms with Crippen LogP contribution in [0.3, 0.4) is 0 Å². The first kappa shape index (κ1) is 15.7. The lowest BCUT2D eigenvalue weighted by Gasteiger charge is -2.13. The van der Waals surface area contributed by atoms with Gasteiger partial charge in [-0.2, -0.15) is 0 Å². The van der Waals surface area contributed by atoms with E-state index in [1.165, 1.54) is 36.6 Å². The SMILES string of the molecule is O=C(NCCC1=CCCCC1)c1cc([N+](=O)[O-])ccc1Br. The van der Waals surface area contributed by atoms with Crippen molar-refractivity contribution in [1.82, 2.24) is 5.32 Å². The zero-order valence-corrected chi connectivity index (χ0v) is 13.2. The van der Waals surface area contributed by atoms with Crippen molar-refractivity contribution in [1.29, 1.82) is 0 Å². The Labute approximate surface area is 131 Å². The lowest BCUT2D eigenvalue weighted by atomic mass is 9.97. The molecule has 1 aliphatic carbocycles. The smallest absolute Gasteiger partial charge is 0.270 e. The van der Waals surface area contributed by atoms with E-state index in [1.54, 1.807) is 0 Å². The fraction of sp³-hybridized carbons (Fsp3) is 0.400. The molecule has 0 unspecified atom stereocenters. The second kappa shape index (κ2) is 7.36. The Hall–Kier alpha value is -1.69. The minimum absolute atomic E-state index is 0.0849. The van der Waals surface area contributed by atoms with E-state index >= 15 is 0 Å². The first-order valence-corrected chi connectivity index (χ1v) is 7.77. The molecule has 1 aromatic rings. The highest BCUT2D eigenvalue weighted by Crippen LogP contribution is 2.23. The van der Waals surface area contributed by atoms with Crippen LogP contribution in [0.2, 0.25) is 0 Å². The van der Waals surface area contributed by atoms with E-state index in [0.29, 0.717) is 16.6 Å². The van der Waals surface area contributed by atoms with Crippen LogP contribution in [0.4, 0.5) is 5.69 Å². The maximum Gasteiger partial charge on any atom is 0.270 e.